The molecule has 2 atom stereocenters. The number of halogens is 1. The molecule has 0 aromatic heterocycles. The minimum absolute atomic E-state index is 0.271. The summed E-state index contributed by atoms with van der Waals surface area (Å²) < 4.78 is 0.840. The van der Waals surface area contributed by atoms with Gasteiger partial charge in [-0.05, 0) is 23.7 Å². The molecule has 0 aromatic carbocycles. The number of carboxylic acids is 1. The Morgan fingerprint density at radius 2 is 2.21 bits per heavy atom. The third kappa shape index (κ3) is 3.10. The molecule has 0 radical (unpaired) electrons. The normalized spacial score (nSPS) is 25.9. The van der Waals surface area contributed by atoms with Gasteiger partial charge in [0.25, 0.3) is 0 Å². The summed E-state index contributed by atoms with van der Waals surface area (Å²) in [4.78, 5) is 10.6. The van der Waals surface area contributed by atoms with E-state index in [1.807, 2.05) is 6.08 Å². The Morgan fingerprint density at radius 3 is 2.86 bits per heavy atom. The average molecular weight is 263 g/mol. The van der Waals surface area contributed by atoms with Gasteiger partial charge in [-0.2, -0.15) is 0 Å². The predicted molar refractivity (Wildman–Crippen MR) is 57.2 cm³/mol. The molecular formula is C10H15BrO3. The van der Waals surface area contributed by atoms with E-state index in [0.29, 0.717) is 0 Å². The van der Waals surface area contributed by atoms with E-state index in [2.05, 4.69) is 15.9 Å². The topological polar surface area (TPSA) is 57.5 Å². The number of aliphatic carboxylic acids is 1. The summed E-state index contributed by atoms with van der Waals surface area (Å²) in [6.45, 7) is 0. The molecule has 2 unspecified atom stereocenters. The predicted octanol–water partition coefficient (Wildman–Crippen LogP) is 2.29. The van der Waals surface area contributed by atoms with Crippen LogP contribution < -0.4 is 0 Å². The van der Waals surface area contributed by atoms with Crippen molar-refractivity contribution < 1.29 is 15.0 Å². The van der Waals surface area contributed by atoms with Crippen LogP contribution in [0.15, 0.2) is 10.6 Å². The molecule has 4 heteroatoms. The highest BCUT2D eigenvalue weighted by Crippen LogP contribution is 2.30. The maximum Gasteiger partial charge on any atom is 0.333 e. The van der Waals surface area contributed by atoms with E-state index in [1.54, 1.807) is 0 Å². The lowest BCUT2D eigenvalue weighted by molar-refractivity contribution is -0.148. The third-order valence-corrected chi connectivity index (χ3v) is 3.46. The number of allylic oxidation sites excluding steroid dienone is 1. The van der Waals surface area contributed by atoms with Gasteiger partial charge in [-0.3, -0.25) is 0 Å². The molecule has 3 nitrogen and oxygen atoms in total. The first-order chi connectivity index (χ1) is 6.63. The number of rotatable bonds is 2. The van der Waals surface area contributed by atoms with E-state index in [-0.39, 0.29) is 5.92 Å². The van der Waals surface area contributed by atoms with Crippen LogP contribution >= 0.6 is 15.9 Å². The van der Waals surface area contributed by atoms with Gasteiger partial charge in [0, 0.05) is 5.92 Å². The van der Waals surface area contributed by atoms with Crippen molar-refractivity contribution in [1.29, 1.82) is 0 Å². The molecule has 1 aliphatic carbocycles. The Balaban J connectivity index is 2.71. The first-order valence-corrected chi connectivity index (χ1v) is 5.68. The minimum atomic E-state index is -1.28. The Hall–Kier alpha value is -0.350. The summed E-state index contributed by atoms with van der Waals surface area (Å²) >= 11 is 3.35. The molecule has 0 saturated heterocycles. The van der Waals surface area contributed by atoms with Gasteiger partial charge in [0.2, 0.25) is 0 Å². The van der Waals surface area contributed by atoms with Crippen LogP contribution in [0.4, 0.5) is 0 Å². The van der Waals surface area contributed by atoms with Crippen LogP contribution in [-0.4, -0.2) is 22.3 Å². The van der Waals surface area contributed by atoms with Gasteiger partial charge in [0.05, 0.1) is 0 Å². The number of carboxylic acid groups (broad SMARTS) is 1. The van der Waals surface area contributed by atoms with Crippen molar-refractivity contribution in [2.45, 2.75) is 38.2 Å². The zero-order valence-corrected chi connectivity index (χ0v) is 9.53. The molecule has 0 spiro atoms. The molecular weight excluding hydrogens is 248 g/mol. The van der Waals surface area contributed by atoms with Crippen molar-refractivity contribution in [2.24, 2.45) is 5.92 Å². The molecule has 0 amide bonds. The maximum absolute atomic E-state index is 10.6. The zero-order chi connectivity index (χ0) is 10.6. The second-order valence-electron chi connectivity index (χ2n) is 3.62. The first kappa shape index (κ1) is 11.7. The summed E-state index contributed by atoms with van der Waals surface area (Å²) in [6, 6.07) is 0. The monoisotopic (exact) mass is 262 g/mol. The second kappa shape index (κ2) is 5.51. The van der Waals surface area contributed by atoms with E-state index in [1.165, 1.54) is 0 Å². The molecule has 0 bridgehead atoms. The lowest BCUT2D eigenvalue weighted by atomic mass is 9.92. The highest BCUT2D eigenvalue weighted by Gasteiger charge is 2.27. The van der Waals surface area contributed by atoms with Crippen LogP contribution in [0, 0.1) is 5.92 Å². The molecule has 2 N–H and O–H groups in total. The number of hydrogen-bond acceptors (Lipinski definition) is 2. The van der Waals surface area contributed by atoms with E-state index in [0.717, 1.165) is 36.6 Å². The Bertz CT molecular complexity index is 238. The van der Waals surface area contributed by atoms with Crippen molar-refractivity contribution in [3.8, 4) is 0 Å². The molecule has 1 aliphatic rings. The lowest BCUT2D eigenvalue weighted by Gasteiger charge is -2.21. The second-order valence-corrected chi connectivity index (χ2v) is 4.53. The summed E-state index contributed by atoms with van der Waals surface area (Å²) in [6.07, 6.45) is 5.64. The molecule has 80 valence electrons. The average Bonchev–Trinajstić information content (AvgIpc) is 2.11. The smallest absolute Gasteiger partial charge is 0.333 e. The molecule has 0 fully saturated rings. The fourth-order valence-corrected chi connectivity index (χ4v) is 2.40. The summed E-state index contributed by atoms with van der Waals surface area (Å²) in [5, 5.41) is 18.2. The summed E-state index contributed by atoms with van der Waals surface area (Å²) in [5.41, 5.74) is 0. The highest BCUT2D eigenvalue weighted by molar-refractivity contribution is 9.11. The SMILES string of the molecule is O=C(O)C(O)C1CCCCCC=C1Br. The van der Waals surface area contributed by atoms with Crippen LogP contribution in [0.2, 0.25) is 0 Å². The van der Waals surface area contributed by atoms with E-state index < -0.39 is 12.1 Å². The molecule has 0 heterocycles. The van der Waals surface area contributed by atoms with Gasteiger partial charge in [0.1, 0.15) is 0 Å². The van der Waals surface area contributed by atoms with Gasteiger partial charge in [-0.1, -0.05) is 34.8 Å². The fourth-order valence-electron chi connectivity index (χ4n) is 1.70. The summed E-state index contributed by atoms with van der Waals surface area (Å²) in [7, 11) is 0. The summed E-state index contributed by atoms with van der Waals surface area (Å²) in [5.74, 6) is -1.41. The van der Waals surface area contributed by atoms with Crippen LogP contribution in [-0.2, 0) is 4.79 Å². The van der Waals surface area contributed by atoms with Gasteiger partial charge in [-0.15, -0.1) is 0 Å². The van der Waals surface area contributed by atoms with Crippen LogP contribution in [0.25, 0.3) is 0 Å². The first-order valence-electron chi connectivity index (χ1n) is 4.89. The minimum Gasteiger partial charge on any atom is -0.479 e. The maximum atomic E-state index is 10.6. The number of hydrogen-bond donors (Lipinski definition) is 2. The van der Waals surface area contributed by atoms with Crippen LogP contribution in [0.1, 0.15) is 32.1 Å². The van der Waals surface area contributed by atoms with Gasteiger partial charge in [-0.25, -0.2) is 4.79 Å². The Labute approximate surface area is 91.9 Å². The number of aliphatic hydroxyl groups is 1. The van der Waals surface area contributed by atoms with Crippen molar-refractivity contribution in [3.05, 3.63) is 10.6 Å². The molecule has 0 aliphatic heterocycles. The molecule has 0 aromatic rings. The lowest BCUT2D eigenvalue weighted by Crippen LogP contribution is -2.29. The fraction of sp³-hybridized carbons (Fsp3) is 0.700. The van der Waals surface area contributed by atoms with Crippen LogP contribution in [0.5, 0.6) is 0 Å². The molecule has 14 heavy (non-hydrogen) atoms. The Morgan fingerprint density at radius 1 is 1.50 bits per heavy atom. The van der Waals surface area contributed by atoms with E-state index in [4.69, 9.17) is 5.11 Å². The standard InChI is InChI=1S/C10H15BrO3/c11-8-6-4-2-1-3-5-7(8)9(12)10(13)14/h6-7,9,12H,1-5H2,(H,13,14). The van der Waals surface area contributed by atoms with Crippen molar-refractivity contribution in [3.63, 3.8) is 0 Å². The van der Waals surface area contributed by atoms with Crippen LogP contribution in [0.3, 0.4) is 0 Å². The zero-order valence-electron chi connectivity index (χ0n) is 7.95. The quantitative estimate of drug-likeness (QED) is 0.803. The van der Waals surface area contributed by atoms with Gasteiger partial charge >= 0.3 is 5.97 Å². The van der Waals surface area contributed by atoms with Crippen molar-refractivity contribution in [1.82, 2.24) is 0 Å². The molecule has 0 saturated carbocycles. The van der Waals surface area contributed by atoms with Crippen molar-refractivity contribution in [2.75, 3.05) is 0 Å². The number of carbonyl (C=O) groups is 1. The molecule has 1 rings (SSSR count). The van der Waals surface area contributed by atoms with Gasteiger partial charge in [0.15, 0.2) is 6.10 Å². The van der Waals surface area contributed by atoms with Crippen molar-refractivity contribution >= 4 is 21.9 Å². The highest BCUT2D eigenvalue weighted by atomic mass is 79.9. The number of aliphatic hydroxyl groups excluding tert-OH is 1. The van der Waals surface area contributed by atoms with E-state index in [9.17, 15) is 9.90 Å². The third-order valence-electron chi connectivity index (χ3n) is 2.55. The van der Waals surface area contributed by atoms with E-state index >= 15 is 0 Å². The Kier molecular flexibility index (Phi) is 4.62. The largest absolute Gasteiger partial charge is 0.479 e. The van der Waals surface area contributed by atoms with Gasteiger partial charge < -0.3 is 10.2 Å².